The summed E-state index contributed by atoms with van der Waals surface area (Å²) in [5, 5.41) is 8.87. The van der Waals surface area contributed by atoms with Crippen LogP contribution in [0.15, 0.2) is 29.2 Å². The first kappa shape index (κ1) is 15.1. The summed E-state index contributed by atoms with van der Waals surface area (Å²) in [4.78, 5) is 12.8. The van der Waals surface area contributed by atoms with Crippen LogP contribution < -0.4 is 4.72 Å². The number of likely N-dealkylation sites (N-methyl/N-ethyl adjacent to an activating group) is 1. The van der Waals surface area contributed by atoms with E-state index in [2.05, 4.69) is 4.72 Å². The van der Waals surface area contributed by atoms with Gasteiger partial charge in [0, 0.05) is 13.6 Å². The van der Waals surface area contributed by atoms with Gasteiger partial charge in [0.05, 0.1) is 17.0 Å². The summed E-state index contributed by atoms with van der Waals surface area (Å²) < 4.78 is 26.2. The molecular weight excluding hydrogens is 266 g/mol. The molecule has 1 aromatic rings. The normalized spacial score (nSPS) is 10.8. The van der Waals surface area contributed by atoms with Crippen LogP contribution in [0.25, 0.3) is 0 Å². The van der Waals surface area contributed by atoms with Crippen molar-refractivity contribution in [1.82, 2.24) is 9.62 Å². The van der Waals surface area contributed by atoms with Gasteiger partial charge in [0.15, 0.2) is 0 Å². The topological polar surface area (TPSA) is 90.3 Å². The first-order valence-corrected chi connectivity index (χ1v) is 7.13. The minimum atomic E-state index is -3.86. The van der Waals surface area contributed by atoms with Crippen molar-refractivity contribution >= 4 is 15.9 Å². The van der Waals surface area contributed by atoms with Gasteiger partial charge in [-0.05, 0) is 19.1 Å². The maximum absolute atomic E-state index is 12.0. The van der Waals surface area contributed by atoms with Crippen molar-refractivity contribution in [3.63, 3.8) is 0 Å². The number of nitrogens with zero attached hydrogens (tertiary/aromatic N) is 2. The van der Waals surface area contributed by atoms with Crippen LogP contribution in [0.3, 0.4) is 0 Å². The van der Waals surface area contributed by atoms with Gasteiger partial charge in [-0.25, -0.2) is 13.1 Å². The van der Waals surface area contributed by atoms with Crippen LogP contribution in [0.4, 0.5) is 0 Å². The first-order valence-electron chi connectivity index (χ1n) is 5.65. The van der Waals surface area contributed by atoms with Crippen LogP contribution in [0, 0.1) is 11.3 Å². The third-order valence-corrected chi connectivity index (χ3v) is 4.07. The highest BCUT2D eigenvalue weighted by atomic mass is 32.2. The number of amides is 1. The molecular formula is C12H15N3O3S. The van der Waals surface area contributed by atoms with E-state index in [-0.39, 0.29) is 22.9 Å². The Morgan fingerprint density at radius 3 is 2.63 bits per heavy atom. The fourth-order valence-electron chi connectivity index (χ4n) is 1.34. The molecule has 0 aliphatic carbocycles. The number of benzene rings is 1. The van der Waals surface area contributed by atoms with Gasteiger partial charge in [-0.3, -0.25) is 4.79 Å². The molecule has 1 rings (SSSR count). The number of nitrogens with one attached hydrogen (secondary N) is 1. The lowest BCUT2D eigenvalue weighted by Crippen LogP contribution is -2.38. The van der Waals surface area contributed by atoms with Gasteiger partial charge < -0.3 is 4.90 Å². The maximum Gasteiger partial charge on any atom is 0.242 e. The summed E-state index contributed by atoms with van der Waals surface area (Å²) >= 11 is 0. The molecule has 0 unspecified atom stereocenters. The molecule has 0 bridgehead atoms. The number of hydrogen-bond donors (Lipinski definition) is 1. The number of nitriles is 1. The number of rotatable bonds is 5. The van der Waals surface area contributed by atoms with Crippen molar-refractivity contribution in [3.05, 3.63) is 29.8 Å². The highest BCUT2D eigenvalue weighted by Gasteiger charge is 2.19. The minimum Gasteiger partial charge on any atom is -0.345 e. The Morgan fingerprint density at radius 2 is 2.05 bits per heavy atom. The van der Waals surface area contributed by atoms with Gasteiger partial charge in [-0.1, -0.05) is 12.1 Å². The summed E-state index contributed by atoms with van der Waals surface area (Å²) in [6.07, 6.45) is 0. The molecule has 0 radical (unpaired) electrons. The molecule has 0 saturated carbocycles. The van der Waals surface area contributed by atoms with Crippen LogP contribution in [0.5, 0.6) is 0 Å². The van der Waals surface area contributed by atoms with E-state index in [9.17, 15) is 13.2 Å². The van der Waals surface area contributed by atoms with E-state index >= 15 is 0 Å². The summed E-state index contributed by atoms with van der Waals surface area (Å²) in [5.41, 5.74) is 0.0475. The average molecular weight is 281 g/mol. The van der Waals surface area contributed by atoms with Crippen LogP contribution in [-0.4, -0.2) is 39.4 Å². The molecule has 102 valence electrons. The lowest BCUT2D eigenvalue weighted by atomic mass is 10.2. The summed E-state index contributed by atoms with van der Waals surface area (Å²) in [6, 6.07) is 7.65. The lowest BCUT2D eigenvalue weighted by Gasteiger charge is -2.15. The Kier molecular flexibility index (Phi) is 5.03. The molecule has 0 aliphatic heterocycles. The number of carbonyl (C=O) groups excluding carboxylic acids is 1. The molecule has 1 aromatic carbocycles. The lowest BCUT2D eigenvalue weighted by molar-refractivity contribution is -0.128. The third-order valence-electron chi connectivity index (χ3n) is 2.61. The van der Waals surface area contributed by atoms with Crippen molar-refractivity contribution in [1.29, 1.82) is 5.26 Å². The number of carbonyl (C=O) groups is 1. The summed E-state index contributed by atoms with van der Waals surface area (Å²) in [6.45, 7) is 1.96. The van der Waals surface area contributed by atoms with Crippen molar-refractivity contribution in [2.45, 2.75) is 11.8 Å². The van der Waals surface area contributed by atoms with E-state index in [1.807, 2.05) is 6.07 Å². The molecule has 0 aromatic heterocycles. The molecule has 19 heavy (non-hydrogen) atoms. The van der Waals surface area contributed by atoms with Gasteiger partial charge >= 0.3 is 0 Å². The number of sulfonamides is 1. The highest BCUT2D eigenvalue weighted by molar-refractivity contribution is 7.89. The van der Waals surface area contributed by atoms with E-state index < -0.39 is 10.0 Å². The molecule has 0 atom stereocenters. The molecule has 0 saturated heterocycles. The van der Waals surface area contributed by atoms with Crippen LogP contribution in [-0.2, 0) is 14.8 Å². The van der Waals surface area contributed by atoms with Gasteiger partial charge in [0.1, 0.15) is 6.07 Å². The third kappa shape index (κ3) is 3.77. The van der Waals surface area contributed by atoms with Gasteiger partial charge in [-0.2, -0.15) is 5.26 Å². The maximum atomic E-state index is 12.0. The molecule has 1 amide bonds. The smallest absolute Gasteiger partial charge is 0.242 e. The summed E-state index contributed by atoms with van der Waals surface area (Å²) in [5.74, 6) is -0.333. The molecule has 1 N–H and O–H groups in total. The zero-order valence-electron chi connectivity index (χ0n) is 10.8. The standard InChI is InChI=1S/C12H15N3O3S/c1-3-15(2)12(16)9-14-19(17,18)11-7-5-4-6-10(11)8-13/h4-7,14H,3,9H2,1-2H3. The van der Waals surface area contributed by atoms with Crippen molar-refractivity contribution in [2.24, 2.45) is 0 Å². The molecule has 0 heterocycles. The van der Waals surface area contributed by atoms with Crippen LogP contribution in [0.2, 0.25) is 0 Å². The fraction of sp³-hybridized carbons (Fsp3) is 0.333. The monoisotopic (exact) mass is 281 g/mol. The van der Waals surface area contributed by atoms with E-state index in [1.54, 1.807) is 20.0 Å². The summed E-state index contributed by atoms with van der Waals surface area (Å²) in [7, 11) is -2.28. The van der Waals surface area contributed by atoms with E-state index in [0.29, 0.717) is 6.54 Å². The van der Waals surface area contributed by atoms with Crippen molar-refractivity contribution in [3.8, 4) is 6.07 Å². The van der Waals surface area contributed by atoms with Gasteiger partial charge in [-0.15, -0.1) is 0 Å². The largest absolute Gasteiger partial charge is 0.345 e. The Morgan fingerprint density at radius 1 is 1.42 bits per heavy atom. The highest BCUT2D eigenvalue weighted by Crippen LogP contribution is 2.13. The SMILES string of the molecule is CCN(C)C(=O)CNS(=O)(=O)c1ccccc1C#N. The zero-order chi connectivity index (χ0) is 14.5. The molecule has 0 aliphatic rings. The second kappa shape index (κ2) is 6.31. The Balaban J connectivity index is 2.89. The van der Waals surface area contributed by atoms with E-state index in [0.717, 1.165) is 0 Å². The Bertz CT molecular complexity index is 605. The van der Waals surface area contributed by atoms with Crippen LogP contribution in [0.1, 0.15) is 12.5 Å². The first-order chi connectivity index (χ1) is 8.92. The minimum absolute atomic E-state index is 0.0475. The predicted molar refractivity (Wildman–Crippen MR) is 69.7 cm³/mol. The van der Waals surface area contributed by atoms with E-state index in [4.69, 9.17) is 5.26 Å². The second-order valence-corrected chi connectivity index (χ2v) is 5.58. The molecule has 6 nitrogen and oxygen atoms in total. The molecule has 0 spiro atoms. The molecule has 0 fully saturated rings. The number of hydrogen-bond acceptors (Lipinski definition) is 4. The van der Waals surface area contributed by atoms with Crippen LogP contribution >= 0.6 is 0 Å². The molecule has 7 heteroatoms. The second-order valence-electron chi connectivity index (χ2n) is 3.84. The Labute approximate surface area is 112 Å². The zero-order valence-corrected chi connectivity index (χ0v) is 11.6. The van der Waals surface area contributed by atoms with Gasteiger partial charge in [0.25, 0.3) is 0 Å². The van der Waals surface area contributed by atoms with Crippen molar-refractivity contribution in [2.75, 3.05) is 20.1 Å². The average Bonchev–Trinajstić information content (AvgIpc) is 2.43. The predicted octanol–water partition coefficient (Wildman–Crippen LogP) is 0.315. The van der Waals surface area contributed by atoms with Gasteiger partial charge in [0.2, 0.25) is 15.9 Å². The Hall–Kier alpha value is -1.91. The van der Waals surface area contributed by atoms with E-state index in [1.165, 1.54) is 23.1 Å². The fourth-order valence-corrected chi connectivity index (χ4v) is 2.47. The quantitative estimate of drug-likeness (QED) is 0.841. The van der Waals surface area contributed by atoms with Crippen molar-refractivity contribution < 1.29 is 13.2 Å².